The van der Waals surface area contributed by atoms with E-state index >= 15 is 0 Å². The number of carbonyl (C=O) groups excluding carboxylic acids is 1. The van der Waals surface area contributed by atoms with Crippen molar-refractivity contribution < 1.29 is 9.53 Å². The molecule has 1 fully saturated rings. The predicted octanol–water partition coefficient (Wildman–Crippen LogP) is 2.50. The highest BCUT2D eigenvalue weighted by Gasteiger charge is 2.36. The summed E-state index contributed by atoms with van der Waals surface area (Å²) in [6.07, 6.45) is 1.03. The van der Waals surface area contributed by atoms with Crippen LogP contribution in [0.15, 0.2) is 18.2 Å². The van der Waals surface area contributed by atoms with Crippen molar-refractivity contribution in [3.05, 3.63) is 29.3 Å². The Labute approximate surface area is 132 Å². The molecule has 0 bridgehead atoms. The van der Waals surface area contributed by atoms with E-state index in [4.69, 9.17) is 4.74 Å². The molecule has 22 heavy (non-hydrogen) atoms. The lowest BCUT2D eigenvalue weighted by molar-refractivity contribution is 0.0951. The number of likely N-dealkylation sites (N-methyl/N-ethyl adjacent to an activating group) is 1. The number of nitrogens with zero attached hydrogens (tertiary/aromatic N) is 1. The first-order chi connectivity index (χ1) is 10.5. The van der Waals surface area contributed by atoms with Gasteiger partial charge in [-0.05, 0) is 43.0 Å². The molecule has 1 N–H and O–H groups in total. The predicted molar refractivity (Wildman–Crippen MR) is 87.5 cm³/mol. The Bertz CT molecular complexity index is 556. The number of carbonyl (C=O) groups is 1. The maximum Gasteiger partial charge on any atom is 0.251 e. The molecule has 0 aliphatic carbocycles. The summed E-state index contributed by atoms with van der Waals surface area (Å²) in [5, 5.41) is 3.07. The van der Waals surface area contributed by atoms with Gasteiger partial charge in [-0.3, -0.25) is 4.79 Å². The lowest BCUT2D eigenvalue weighted by atomic mass is 9.87. The molecule has 120 valence electrons. The minimum Gasteiger partial charge on any atom is -0.494 e. The van der Waals surface area contributed by atoms with Crippen LogP contribution in [0, 0.1) is 11.8 Å². The number of fused-ring (bicyclic) bond motifs is 3. The van der Waals surface area contributed by atoms with Gasteiger partial charge in [-0.2, -0.15) is 0 Å². The van der Waals surface area contributed by atoms with Crippen LogP contribution in [-0.2, 0) is 0 Å². The third-order valence-corrected chi connectivity index (χ3v) is 4.78. The minimum atomic E-state index is 0.0429. The molecule has 2 aliphatic heterocycles. The molecule has 0 spiro atoms. The third kappa shape index (κ3) is 3.12. The molecule has 0 unspecified atom stereocenters. The van der Waals surface area contributed by atoms with Gasteiger partial charge in [0.1, 0.15) is 5.75 Å². The molecule has 1 aromatic rings. The Morgan fingerprint density at radius 1 is 1.36 bits per heavy atom. The van der Waals surface area contributed by atoms with Crippen molar-refractivity contribution in [2.75, 3.05) is 33.3 Å². The average molecular weight is 302 g/mol. The Hall–Kier alpha value is -1.55. The topological polar surface area (TPSA) is 41.6 Å². The molecule has 2 aliphatic rings. The highest BCUT2D eigenvalue weighted by molar-refractivity contribution is 5.96. The molecule has 0 aromatic heterocycles. The summed E-state index contributed by atoms with van der Waals surface area (Å²) in [5.41, 5.74) is 1.98. The highest BCUT2D eigenvalue weighted by Crippen LogP contribution is 2.36. The number of rotatable bonds is 4. The van der Waals surface area contributed by atoms with Crippen LogP contribution < -0.4 is 10.1 Å². The van der Waals surface area contributed by atoms with Gasteiger partial charge in [0, 0.05) is 31.1 Å². The number of nitrogens with one attached hydrogen (secondary N) is 1. The van der Waals surface area contributed by atoms with E-state index in [2.05, 4.69) is 37.2 Å². The first kappa shape index (κ1) is 15.3. The van der Waals surface area contributed by atoms with Crippen LogP contribution in [0.1, 0.15) is 42.1 Å². The Morgan fingerprint density at radius 3 is 2.95 bits per heavy atom. The molecular weight excluding hydrogens is 276 g/mol. The van der Waals surface area contributed by atoms with Crippen molar-refractivity contribution in [1.82, 2.24) is 10.2 Å². The summed E-state index contributed by atoms with van der Waals surface area (Å²) in [6.45, 7) is 7.92. The standard InChI is InChI=1S/C18H26N2O2/c1-12(2)6-7-22-14-4-5-15-16(8-14)18(21)19-9-13-10-20(3)11-17(13)15/h4-5,8,12-13,17H,6-7,9-11H2,1-3H3,(H,19,21)/t13-,17-/m1/s1. The molecule has 0 radical (unpaired) electrons. The zero-order chi connectivity index (χ0) is 15.7. The van der Waals surface area contributed by atoms with Gasteiger partial charge in [0.2, 0.25) is 0 Å². The van der Waals surface area contributed by atoms with Gasteiger partial charge in [-0.1, -0.05) is 19.9 Å². The fourth-order valence-electron chi connectivity index (χ4n) is 3.52. The average Bonchev–Trinajstić information content (AvgIpc) is 2.79. The molecule has 0 saturated carbocycles. The zero-order valence-corrected chi connectivity index (χ0v) is 13.8. The summed E-state index contributed by atoms with van der Waals surface area (Å²) in [4.78, 5) is 14.7. The van der Waals surface area contributed by atoms with Crippen molar-refractivity contribution in [3.8, 4) is 5.75 Å². The van der Waals surface area contributed by atoms with E-state index < -0.39 is 0 Å². The second kappa shape index (κ2) is 6.29. The molecule has 1 saturated heterocycles. The van der Waals surface area contributed by atoms with E-state index in [1.807, 2.05) is 12.1 Å². The van der Waals surface area contributed by atoms with Gasteiger partial charge < -0.3 is 15.0 Å². The number of hydrogen-bond donors (Lipinski definition) is 1. The van der Waals surface area contributed by atoms with Gasteiger partial charge in [0.05, 0.1) is 6.61 Å². The summed E-state index contributed by atoms with van der Waals surface area (Å²) in [6, 6.07) is 6.04. The summed E-state index contributed by atoms with van der Waals surface area (Å²) in [5.74, 6) is 2.44. The normalized spacial score (nSPS) is 24.6. The quantitative estimate of drug-likeness (QED) is 0.929. The number of ether oxygens (including phenoxy) is 1. The van der Waals surface area contributed by atoms with E-state index in [1.54, 1.807) is 0 Å². The monoisotopic (exact) mass is 302 g/mol. The van der Waals surface area contributed by atoms with Gasteiger partial charge >= 0.3 is 0 Å². The fourth-order valence-corrected chi connectivity index (χ4v) is 3.52. The first-order valence-electron chi connectivity index (χ1n) is 8.28. The largest absolute Gasteiger partial charge is 0.494 e. The Kier molecular flexibility index (Phi) is 4.39. The van der Waals surface area contributed by atoms with Crippen LogP contribution in [0.5, 0.6) is 5.75 Å². The molecule has 4 heteroatoms. The number of benzene rings is 1. The highest BCUT2D eigenvalue weighted by atomic mass is 16.5. The molecule has 1 aromatic carbocycles. The van der Waals surface area contributed by atoms with Crippen molar-refractivity contribution >= 4 is 5.91 Å². The molecular formula is C18H26N2O2. The van der Waals surface area contributed by atoms with Gasteiger partial charge in [-0.25, -0.2) is 0 Å². The molecule has 1 amide bonds. The zero-order valence-electron chi connectivity index (χ0n) is 13.8. The van der Waals surface area contributed by atoms with Crippen LogP contribution in [0.2, 0.25) is 0 Å². The van der Waals surface area contributed by atoms with Crippen LogP contribution in [-0.4, -0.2) is 44.1 Å². The maximum absolute atomic E-state index is 12.4. The number of amides is 1. The van der Waals surface area contributed by atoms with E-state index in [-0.39, 0.29) is 5.91 Å². The maximum atomic E-state index is 12.4. The van der Waals surface area contributed by atoms with Crippen LogP contribution in [0.3, 0.4) is 0 Å². The second-order valence-electron chi connectivity index (χ2n) is 7.08. The summed E-state index contributed by atoms with van der Waals surface area (Å²) in [7, 11) is 2.15. The van der Waals surface area contributed by atoms with E-state index in [0.717, 1.165) is 37.4 Å². The molecule has 3 rings (SSSR count). The Morgan fingerprint density at radius 2 is 2.18 bits per heavy atom. The van der Waals surface area contributed by atoms with Crippen molar-refractivity contribution in [2.45, 2.75) is 26.2 Å². The first-order valence-corrected chi connectivity index (χ1v) is 8.28. The third-order valence-electron chi connectivity index (χ3n) is 4.78. The van der Waals surface area contributed by atoms with E-state index in [0.29, 0.717) is 24.4 Å². The SMILES string of the molecule is CC(C)CCOc1ccc2c(c1)C(=O)NC[C@@H]1CN(C)C[C@@H]21. The van der Waals surface area contributed by atoms with Crippen LogP contribution in [0.4, 0.5) is 0 Å². The molecule has 2 heterocycles. The second-order valence-corrected chi connectivity index (χ2v) is 7.08. The Balaban J connectivity index is 1.82. The molecule has 2 atom stereocenters. The van der Waals surface area contributed by atoms with Gasteiger partial charge in [0.15, 0.2) is 0 Å². The van der Waals surface area contributed by atoms with Crippen molar-refractivity contribution in [3.63, 3.8) is 0 Å². The smallest absolute Gasteiger partial charge is 0.251 e. The van der Waals surface area contributed by atoms with Crippen molar-refractivity contribution in [1.29, 1.82) is 0 Å². The van der Waals surface area contributed by atoms with Gasteiger partial charge in [0.25, 0.3) is 5.91 Å². The van der Waals surface area contributed by atoms with Crippen LogP contribution >= 0.6 is 0 Å². The van der Waals surface area contributed by atoms with Gasteiger partial charge in [-0.15, -0.1) is 0 Å². The van der Waals surface area contributed by atoms with E-state index in [1.165, 1.54) is 5.56 Å². The van der Waals surface area contributed by atoms with Crippen LogP contribution in [0.25, 0.3) is 0 Å². The number of likely N-dealkylation sites (tertiary alicyclic amines) is 1. The molecule has 4 nitrogen and oxygen atoms in total. The fraction of sp³-hybridized carbons (Fsp3) is 0.611. The van der Waals surface area contributed by atoms with E-state index in [9.17, 15) is 4.79 Å². The minimum absolute atomic E-state index is 0.0429. The summed E-state index contributed by atoms with van der Waals surface area (Å²) < 4.78 is 5.81. The lowest BCUT2D eigenvalue weighted by Gasteiger charge is -2.17. The van der Waals surface area contributed by atoms with Crippen molar-refractivity contribution in [2.24, 2.45) is 11.8 Å². The lowest BCUT2D eigenvalue weighted by Crippen LogP contribution is -2.29. The number of hydrogen-bond acceptors (Lipinski definition) is 3. The summed E-state index contributed by atoms with van der Waals surface area (Å²) >= 11 is 0.